The third kappa shape index (κ3) is 4.72. The Morgan fingerprint density at radius 3 is 2.53 bits per heavy atom. The van der Waals surface area contributed by atoms with Crippen molar-refractivity contribution in [1.29, 1.82) is 0 Å². The van der Waals surface area contributed by atoms with Gasteiger partial charge in [0.05, 0.1) is 17.3 Å². The smallest absolute Gasteiger partial charge is 0.249 e. The number of likely N-dealkylation sites (tertiary alicyclic amines) is 2. The molecule has 2 amide bonds. The molecule has 8 heteroatoms. The molecule has 4 atom stereocenters. The van der Waals surface area contributed by atoms with Crippen molar-refractivity contribution in [3.8, 4) is 0 Å². The zero-order chi connectivity index (χ0) is 25.4. The first-order chi connectivity index (χ1) is 17.4. The van der Waals surface area contributed by atoms with Crippen molar-refractivity contribution in [3.63, 3.8) is 0 Å². The fraction of sp³-hybridized carbons (Fsp3) is 0.679. The van der Waals surface area contributed by atoms with E-state index in [4.69, 9.17) is 10.5 Å². The van der Waals surface area contributed by atoms with Crippen LogP contribution in [0.2, 0.25) is 0 Å². The molecule has 3 aliphatic heterocycles. The number of nitrogens with zero attached hydrogens (tertiary/aromatic N) is 2. The molecule has 7 nitrogen and oxygen atoms in total. The number of carbonyl (C=O) groups is 3. The van der Waals surface area contributed by atoms with E-state index in [9.17, 15) is 14.4 Å². The summed E-state index contributed by atoms with van der Waals surface area (Å²) in [6.07, 6.45) is 7.97. The van der Waals surface area contributed by atoms with Crippen LogP contribution in [0.1, 0.15) is 78.8 Å². The van der Waals surface area contributed by atoms with Crippen LogP contribution in [-0.2, 0) is 14.3 Å². The predicted octanol–water partition coefficient (Wildman–Crippen LogP) is 3.17. The number of hydrogen-bond donors (Lipinski definition) is 1. The Balaban J connectivity index is 1.52. The Labute approximate surface area is 218 Å². The Bertz CT molecular complexity index is 1000. The summed E-state index contributed by atoms with van der Waals surface area (Å²) in [5.41, 5.74) is 8.28. The summed E-state index contributed by atoms with van der Waals surface area (Å²) in [7, 11) is 0. The molecule has 3 saturated heterocycles. The molecule has 1 aromatic rings. The molecule has 4 fully saturated rings. The average molecular weight is 514 g/mol. The highest BCUT2D eigenvalue weighted by Gasteiger charge is 2.53. The highest BCUT2D eigenvalue weighted by atomic mass is 32.2. The lowest BCUT2D eigenvalue weighted by molar-refractivity contribution is -0.138. The van der Waals surface area contributed by atoms with Crippen molar-refractivity contribution in [2.45, 2.75) is 74.7 Å². The van der Waals surface area contributed by atoms with Gasteiger partial charge in [0, 0.05) is 12.1 Å². The van der Waals surface area contributed by atoms with Gasteiger partial charge in [0.2, 0.25) is 11.8 Å². The van der Waals surface area contributed by atoms with E-state index in [1.807, 2.05) is 18.4 Å². The molecule has 1 aliphatic carbocycles. The van der Waals surface area contributed by atoms with Gasteiger partial charge in [0.1, 0.15) is 12.6 Å². The van der Waals surface area contributed by atoms with E-state index < -0.39 is 17.9 Å². The Kier molecular flexibility index (Phi) is 7.75. The number of rotatable bonds is 7. The average Bonchev–Trinajstić information content (AvgIpc) is 3.63. The van der Waals surface area contributed by atoms with Crippen LogP contribution in [0, 0.1) is 5.92 Å². The lowest BCUT2D eigenvalue weighted by Crippen LogP contribution is -2.45. The zero-order valence-electron chi connectivity index (χ0n) is 21.5. The highest BCUT2D eigenvalue weighted by Crippen LogP contribution is 2.44. The number of ether oxygens (including phenoxy) is 1. The first-order valence-corrected chi connectivity index (χ1v) is 14.8. The van der Waals surface area contributed by atoms with Crippen LogP contribution in [0.5, 0.6) is 0 Å². The van der Waals surface area contributed by atoms with Gasteiger partial charge in [0.15, 0.2) is 5.78 Å². The van der Waals surface area contributed by atoms with Crippen molar-refractivity contribution in [3.05, 3.63) is 34.9 Å². The van der Waals surface area contributed by atoms with Gasteiger partial charge in [-0.05, 0) is 80.6 Å². The maximum atomic E-state index is 14.4. The lowest BCUT2D eigenvalue weighted by Gasteiger charge is -2.33. The van der Waals surface area contributed by atoms with Gasteiger partial charge in [-0.2, -0.15) is 11.8 Å². The summed E-state index contributed by atoms with van der Waals surface area (Å²) < 4.78 is 5.82. The van der Waals surface area contributed by atoms with E-state index in [0.29, 0.717) is 18.0 Å². The van der Waals surface area contributed by atoms with Crippen LogP contribution >= 0.6 is 11.8 Å². The number of carbonyl (C=O) groups excluding carboxylic acids is 3. The van der Waals surface area contributed by atoms with Crippen LogP contribution in [0.15, 0.2) is 18.2 Å². The van der Waals surface area contributed by atoms with Crippen molar-refractivity contribution in [2.75, 3.05) is 39.0 Å². The second kappa shape index (κ2) is 10.8. The van der Waals surface area contributed by atoms with Crippen LogP contribution in [-0.4, -0.2) is 83.8 Å². The first kappa shape index (κ1) is 25.7. The quantitative estimate of drug-likeness (QED) is 0.602. The molecule has 0 aromatic heterocycles. The number of amides is 2. The molecule has 36 heavy (non-hydrogen) atoms. The van der Waals surface area contributed by atoms with E-state index in [1.165, 1.54) is 5.56 Å². The number of piperidine rings is 1. The molecule has 0 spiro atoms. The number of primary amides is 1. The molecule has 3 heterocycles. The number of hydrogen-bond acceptors (Lipinski definition) is 6. The van der Waals surface area contributed by atoms with Crippen molar-refractivity contribution >= 4 is 29.4 Å². The van der Waals surface area contributed by atoms with Crippen LogP contribution in [0.3, 0.4) is 0 Å². The standard InChI is InChI=1S/C28H39N3O4S/c1-3-30-12-10-17(11-13-30)19-8-9-20(27(29)33)21(14-19)24(18-6-4-5-7-18)28(34)31-15-23(36-2)26-25(31)22(32)16-35-26/h8-9,14,17-18,23-26H,3-7,10-13,15-16H2,1-2H3,(H2,29,33)/t23-,24-,25+,26+/m0/s1. The summed E-state index contributed by atoms with van der Waals surface area (Å²) in [4.78, 5) is 44.0. The second-order valence-electron chi connectivity index (χ2n) is 10.9. The molecule has 1 saturated carbocycles. The number of ketones is 1. The Hall–Kier alpha value is -1.90. The van der Waals surface area contributed by atoms with Gasteiger partial charge in [0.25, 0.3) is 0 Å². The minimum atomic E-state index is -0.516. The van der Waals surface area contributed by atoms with E-state index in [2.05, 4.69) is 17.9 Å². The summed E-state index contributed by atoms with van der Waals surface area (Å²) in [6.45, 7) is 5.97. The number of benzene rings is 1. The topological polar surface area (TPSA) is 92.9 Å². The number of thioether (sulfide) groups is 1. The van der Waals surface area contributed by atoms with Crippen LogP contribution in [0.25, 0.3) is 0 Å². The third-order valence-corrected chi connectivity index (χ3v) is 10.1. The van der Waals surface area contributed by atoms with Crippen LogP contribution < -0.4 is 5.73 Å². The van der Waals surface area contributed by atoms with Gasteiger partial charge in [-0.1, -0.05) is 31.9 Å². The molecular formula is C28H39N3O4S. The largest absolute Gasteiger partial charge is 0.367 e. The summed E-state index contributed by atoms with van der Waals surface area (Å²) >= 11 is 1.65. The summed E-state index contributed by atoms with van der Waals surface area (Å²) in [5, 5.41) is 0.0836. The predicted molar refractivity (Wildman–Crippen MR) is 141 cm³/mol. The minimum Gasteiger partial charge on any atom is -0.367 e. The van der Waals surface area contributed by atoms with Gasteiger partial charge in [-0.15, -0.1) is 0 Å². The first-order valence-electron chi connectivity index (χ1n) is 13.6. The summed E-state index contributed by atoms with van der Waals surface area (Å²) in [5.74, 6) is -0.434. The molecular weight excluding hydrogens is 474 g/mol. The monoisotopic (exact) mass is 513 g/mol. The Morgan fingerprint density at radius 1 is 1.17 bits per heavy atom. The van der Waals surface area contributed by atoms with Crippen molar-refractivity contribution in [1.82, 2.24) is 9.80 Å². The maximum Gasteiger partial charge on any atom is 0.249 e. The van der Waals surface area contributed by atoms with Crippen LogP contribution in [0.4, 0.5) is 0 Å². The molecule has 0 bridgehead atoms. The van der Waals surface area contributed by atoms with E-state index in [-0.39, 0.29) is 35.6 Å². The highest BCUT2D eigenvalue weighted by molar-refractivity contribution is 7.99. The van der Waals surface area contributed by atoms with Gasteiger partial charge in [-0.3, -0.25) is 14.4 Å². The number of fused-ring (bicyclic) bond motifs is 1. The van der Waals surface area contributed by atoms with Crippen molar-refractivity contribution in [2.24, 2.45) is 11.7 Å². The molecule has 0 unspecified atom stereocenters. The minimum absolute atomic E-state index is 0.0124. The number of Topliss-reactive ketones (excluding diaryl/α,β-unsaturated/α-hetero) is 1. The SMILES string of the molecule is CCN1CCC(c2ccc(C(N)=O)c([C@@H](C(=O)N3C[C@H](SC)[C@H]4OCC(=O)[C@H]43)C3CCCC3)c2)CC1. The Morgan fingerprint density at radius 2 is 1.89 bits per heavy atom. The van der Waals surface area contributed by atoms with E-state index in [0.717, 1.165) is 63.7 Å². The lowest BCUT2D eigenvalue weighted by atomic mass is 9.78. The molecule has 0 radical (unpaired) electrons. The maximum absolute atomic E-state index is 14.4. The molecule has 4 aliphatic rings. The normalized spacial score (nSPS) is 28.6. The number of nitrogens with two attached hydrogens (primary N) is 1. The van der Waals surface area contributed by atoms with E-state index in [1.54, 1.807) is 16.7 Å². The van der Waals surface area contributed by atoms with Crippen molar-refractivity contribution < 1.29 is 19.1 Å². The fourth-order valence-electron chi connectivity index (χ4n) is 7.00. The molecule has 2 N–H and O–H groups in total. The second-order valence-corrected chi connectivity index (χ2v) is 12.0. The molecule has 196 valence electrons. The third-order valence-electron chi connectivity index (χ3n) is 9.04. The van der Waals surface area contributed by atoms with Gasteiger partial charge in [-0.25, -0.2) is 0 Å². The zero-order valence-corrected chi connectivity index (χ0v) is 22.3. The van der Waals surface area contributed by atoms with E-state index >= 15 is 0 Å². The van der Waals surface area contributed by atoms with Gasteiger partial charge < -0.3 is 20.3 Å². The summed E-state index contributed by atoms with van der Waals surface area (Å²) in [6, 6.07) is 5.48. The fourth-order valence-corrected chi connectivity index (χ4v) is 7.81. The molecule has 1 aromatic carbocycles. The molecule has 5 rings (SSSR count). The van der Waals surface area contributed by atoms with Gasteiger partial charge >= 0.3 is 0 Å².